The molecule has 1 unspecified atom stereocenters. The number of halogens is 1. The maximum absolute atomic E-state index is 11.4. The lowest BCUT2D eigenvalue weighted by molar-refractivity contribution is -0.148. The summed E-state index contributed by atoms with van der Waals surface area (Å²) in [6.45, 7) is 4.99. The molecule has 0 radical (unpaired) electrons. The predicted octanol–water partition coefficient (Wildman–Crippen LogP) is 4.20. The van der Waals surface area contributed by atoms with Crippen molar-refractivity contribution >= 4 is 21.9 Å². The molecule has 0 aliphatic heterocycles. The average molecular weight is 329 g/mol. The lowest BCUT2D eigenvalue weighted by Gasteiger charge is -2.09. The van der Waals surface area contributed by atoms with Gasteiger partial charge in [0.2, 0.25) is 0 Å². The summed E-state index contributed by atoms with van der Waals surface area (Å²) in [4.78, 5) is 11.4. The van der Waals surface area contributed by atoms with Crippen molar-refractivity contribution in [2.45, 2.75) is 33.1 Å². The van der Waals surface area contributed by atoms with Crippen LogP contribution in [0.15, 0.2) is 28.7 Å². The smallest absolute Gasteiger partial charge is 0.308 e. The highest BCUT2D eigenvalue weighted by Crippen LogP contribution is 2.16. The zero-order valence-corrected chi connectivity index (χ0v) is 13.1. The molecule has 0 aromatic heterocycles. The monoisotopic (exact) mass is 328 g/mol. The number of unbranched alkanes of at least 4 members (excludes halogenated alkanes) is 1. The molecule has 0 saturated carbocycles. The molecule has 4 heteroatoms. The summed E-state index contributed by atoms with van der Waals surface area (Å²) in [5.41, 5.74) is 0. The van der Waals surface area contributed by atoms with Gasteiger partial charge in [-0.15, -0.1) is 0 Å². The van der Waals surface area contributed by atoms with Gasteiger partial charge < -0.3 is 9.47 Å². The molecule has 1 rings (SSSR count). The minimum absolute atomic E-state index is 0.000912. The van der Waals surface area contributed by atoms with Crippen molar-refractivity contribution in [1.82, 2.24) is 0 Å². The van der Waals surface area contributed by atoms with Gasteiger partial charge in [0.1, 0.15) is 5.75 Å². The molecule has 0 N–H and O–H groups in total. The lowest BCUT2D eigenvalue weighted by Crippen LogP contribution is -2.14. The Morgan fingerprint density at radius 2 is 1.84 bits per heavy atom. The van der Waals surface area contributed by atoms with Crippen molar-refractivity contribution in [1.29, 1.82) is 0 Å². The molecule has 0 saturated heterocycles. The van der Waals surface area contributed by atoms with Gasteiger partial charge in [0, 0.05) is 4.47 Å². The van der Waals surface area contributed by atoms with Crippen molar-refractivity contribution in [3.05, 3.63) is 28.7 Å². The predicted molar refractivity (Wildman–Crippen MR) is 79.3 cm³/mol. The molecule has 19 heavy (non-hydrogen) atoms. The highest BCUT2D eigenvalue weighted by atomic mass is 79.9. The number of carbonyl (C=O) groups is 1. The van der Waals surface area contributed by atoms with E-state index in [0.717, 1.165) is 29.5 Å². The summed E-state index contributed by atoms with van der Waals surface area (Å²) in [5.74, 6) is 0.759. The minimum atomic E-state index is -0.101. The maximum Gasteiger partial charge on any atom is 0.308 e. The fraction of sp³-hybridized carbons (Fsp3) is 0.533. The van der Waals surface area contributed by atoms with Crippen LogP contribution in [0.2, 0.25) is 0 Å². The van der Waals surface area contributed by atoms with E-state index >= 15 is 0 Å². The van der Waals surface area contributed by atoms with Crippen LogP contribution in [0.25, 0.3) is 0 Å². The van der Waals surface area contributed by atoms with E-state index in [9.17, 15) is 4.79 Å². The van der Waals surface area contributed by atoms with Gasteiger partial charge in [-0.1, -0.05) is 29.8 Å². The fourth-order valence-electron chi connectivity index (χ4n) is 1.41. The second kappa shape index (κ2) is 8.97. The van der Waals surface area contributed by atoms with E-state index < -0.39 is 0 Å². The summed E-state index contributed by atoms with van der Waals surface area (Å²) >= 11 is 3.37. The Kier molecular flexibility index (Phi) is 7.56. The lowest BCUT2D eigenvalue weighted by atomic mass is 10.1. The van der Waals surface area contributed by atoms with Crippen LogP contribution < -0.4 is 4.74 Å². The molecule has 1 aromatic carbocycles. The van der Waals surface area contributed by atoms with E-state index in [-0.39, 0.29) is 11.9 Å². The minimum Gasteiger partial charge on any atom is -0.494 e. The Morgan fingerprint density at radius 3 is 2.47 bits per heavy atom. The van der Waals surface area contributed by atoms with Crippen LogP contribution in [-0.4, -0.2) is 19.2 Å². The number of benzene rings is 1. The van der Waals surface area contributed by atoms with Gasteiger partial charge in [-0.2, -0.15) is 0 Å². The number of hydrogen-bond donors (Lipinski definition) is 0. The van der Waals surface area contributed by atoms with Gasteiger partial charge in [-0.3, -0.25) is 4.79 Å². The van der Waals surface area contributed by atoms with Crippen molar-refractivity contribution in [3.63, 3.8) is 0 Å². The molecule has 0 bridgehead atoms. The average Bonchev–Trinajstić information content (AvgIpc) is 2.43. The standard InChI is InChI=1S/C15H21BrO3/c1-3-12(2)15(17)19-11-5-4-10-18-14-8-6-13(16)7-9-14/h6-9,12H,3-5,10-11H2,1-2H3. The Labute approximate surface area is 123 Å². The fourth-order valence-corrected chi connectivity index (χ4v) is 1.67. The third-order valence-electron chi connectivity index (χ3n) is 2.88. The number of hydrogen-bond acceptors (Lipinski definition) is 3. The molecular weight excluding hydrogens is 308 g/mol. The summed E-state index contributed by atoms with van der Waals surface area (Å²) in [5, 5.41) is 0. The Hall–Kier alpha value is -1.03. The first-order valence-electron chi connectivity index (χ1n) is 6.68. The number of carbonyl (C=O) groups excluding carboxylic acids is 1. The summed E-state index contributed by atoms with van der Waals surface area (Å²) in [6, 6.07) is 7.74. The molecular formula is C15H21BrO3. The molecule has 0 fully saturated rings. The first-order valence-corrected chi connectivity index (χ1v) is 7.47. The molecule has 0 spiro atoms. The van der Waals surface area contributed by atoms with Crippen LogP contribution in [0.3, 0.4) is 0 Å². The Balaban J connectivity index is 2.05. The van der Waals surface area contributed by atoms with Crippen molar-refractivity contribution in [2.75, 3.05) is 13.2 Å². The third kappa shape index (κ3) is 6.62. The molecule has 0 aliphatic carbocycles. The largest absolute Gasteiger partial charge is 0.494 e. The topological polar surface area (TPSA) is 35.5 Å². The van der Waals surface area contributed by atoms with E-state index in [1.54, 1.807) is 0 Å². The highest BCUT2D eigenvalue weighted by molar-refractivity contribution is 9.10. The van der Waals surface area contributed by atoms with Crippen molar-refractivity contribution in [2.24, 2.45) is 5.92 Å². The van der Waals surface area contributed by atoms with Crippen LogP contribution in [0.4, 0.5) is 0 Å². The number of rotatable bonds is 8. The van der Waals surface area contributed by atoms with Gasteiger partial charge in [0.05, 0.1) is 19.1 Å². The summed E-state index contributed by atoms with van der Waals surface area (Å²) in [7, 11) is 0. The summed E-state index contributed by atoms with van der Waals surface area (Å²) < 4.78 is 11.8. The highest BCUT2D eigenvalue weighted by Gasteiger charge is 2.10. The number of ether oxygens (including phenoxy) is 2. The Morgan fingerprint density at radius 1 is 1.21 bits per heavy atom. The van der Waals surface area contributed by atoms with Crippen molar-refractivity contribution in [3.8, 4) is 5.75 Å². The molecule has 1 aromatic rings. The Bertz CT molecular complexity index is 375. The second-order valence-corrected chi connectivity index (χ2v) is 5.40. The van der Waals surface area contributed by atoms with E-state index in [4.69, 9.17) is 9.47 Å². The molecule has 3 nitrogen and oxygen atoms in total. The van der Waals surface area contributed by atoms with E-state index in [0.29, 0.717) is 13.2 Å². The van der Waals surface area contributed by atoms with E-state index in [2.05, 4.69) is 15.9 Å². The zero-order chi connectivity index (χ0) is 14.1. The van der Waals surface area contributed by atoms with Crippen LogP contribution >= 0.6 is 15.9 Å². The van der Waals surface area contributed by atoms with Gasteiger partial charge in [-0.25, -0.2) is 0 Å². The van der Waals surface area contributed by atoms with E-state index in [1.807, 2.05) is 38.1 Å². The maximum atomic E-state index is 11.4. The third-order valence-corrected chi connectivity index (χ3v) is 3.41. The first kappa shape index (κ1) is 16.0. The molecule has 1 atom stereocenters. The van der Waals surface area contributed by atoms with Crippen LogP contribution in [0.5, 0.6) is 5.75 Å². The normalized spacial score (nSPS) is 11.9. The van der Waals surface area contributed by atoms with Crippen LogP contribution in [0, 0.1) is 5.92 Å². The van der Waals surface area contributed by atoms with Gasteiger partial charge in [0.15, 0.2) is 0 Å². The molecule has 106 valence electrons. The number of esters is 1. The molecule has 0 amide bonds. The van der Waals surface area contributed by atoms with Crippen LogP contribution in [-0.2, 0) is 9.53 Å². The zero-order valence-electron chi connectivity index (χ0n) is 11.5. The van der Waals surface area contributed by atoms with Gasteiger partial charge in [0.25, 0.3) is 0 Å². The van der Waals surface area contributed by atoms with Gasteiger partial charge >= 0.3 is 5.97 Å². The summed E-state index contributed by atoms with van der Waals surface area (Å²) in [6.07, 6.45) is 2.54. The molecule has 0 aliphatic rings. The molecule has 0 heterocycles. The first-order chi connectivity index (χ1) is 9.13. The quantitative estimate of drug-likeness (QED) is 0.530. The SMILES string of the molecule is CCC(C)C(=O)OCCCCOc1ccc(Br)cc1. The van der Waals surface area contributed by atoms with Crippen LogP contribution in [0.1, 0.15) is 33.1 Å². The van der Waals surface area contributed by atoms with Gasteiger partial charge in [-0.05, 0) is 43.5 Å². The van der Waals surface area contributed by atoms with Crippen molar-refractivity contribution < 1.29 is 14.3 Å². The second-order valence-electron chi connectivity index (χ2n) is 4.49. The van der Waals surface area contributed by atoms with E-state index in [1.165, 1.54) is 0 Å².